The number of hydrogen-bond donors (Lipinski definition) is 1. The van der Waals surface area contributed by atoms with Crippen molar-refractivity contribution in [2.75, 3.05) is 13.2 Å². The average molecular weight is 415 g/mol. The smallest absolute Gasteiger partial charge is 0.338 e. The summed E-state index contributed by atoms with van der Waals surface area (Å²) in [5.74, 6) is -1.02. The van der Waals surface area contributed by atoms with Crippen LogP contribution in [0.4, 0.5) is 4.39 Å². The van der Waals surface area contributed by atoms with Crippen molar-refractivity contribution in [2.24, 2.45) is 4.99 Å². The first-order valence-electron chi connectivity index (χ1n) is 9.20. The fraction of sp³-hybridized carbons (Fsp3) is 0.286. The number of thioether (sulfide) groups is 1. The van der Waals surface area contributed by atoms with Gasteiger partial charge >= 0.3 is 5.97 Å². The van der Waals surface area contributed by atoms with Gasteiger partial charge in [0.25, 0.3) is 0 Å². The molecule has 1 unspecified atom stereocenters. The fourth-order valence-electron chi connectivity index (χ4n) is 3.23. The largest absolute Gasteiger partial charge is 0.458 e. The number of hydrogen-bond acceptors (Lipinski definition) is 6. The summed E-state index contributed by atoms with van der Waals surface area (Å²) < 4.78 is 18.8. The van der Waals surface area contributed by atoms with E-state index in [9.17, 15) is 14.0 Å². The highest BCUT2D eigenvalue weighted by Gasteiger charge is 2.41. The number of carbonyl (C=O) groups excluding carboxylic acids is 2. The standard InChI is InChI=1S/C21H22FN3O3S/c1-4-10-28-20(27)18-13(3)24-21-25(16(12-29-21)11-17(26)23-5-2)19(18)14-6-8-15(22)9-7-14/h4,6-9,12,19H,1,5,10-11H2,2-3H3,(H,23,26). The highest BCUT2D eigenvalue weighted by atomic mass is 32.2. The van der Waals surface area contributed by atoms with E-state index >= 15 is 0 Å². The first-order chi connectivity index (χ1) is 14.0. The molecule has 1 aromatic rings. The van der Waals surface area contributed by atoms with Crippen molar-refractivity contribution >= 4 is 28.8 Å². The highest BCUT2D eigenvalue weighted by Crippen LogP contribution is 2.44. The van der Waals surface area contributed by atoms with Crippen molar-refractivity contribution in [1.82, 2.24) is 10.2 Å². The number of aliphatic imine (C=N–C) groups is 1. The molecule has 0 fully saturated rings. The van der Waals surface area contributed by atoms with E-state index in [-0.39, 0.29) is 24.8 Å². The molecule has 0 spiro atoms. The van der Waals surface area contributed by atoms with E-state index in [4.69, 9.17) is 4.74 Å². The maximum absolute atomic E-state index is 13.5. The number of amides is 1. The lowest BCUT2D eigenvalue weighted by Gasteiger charge is -2.36. The Bertz CT molecular complexity index is 922. The molecule has 8 heteroatoms. The number of esters is 1. The molecule has 1 aromatic carbocycles. The van der Waals surface area contributed by atoms with Crippen LogP contribution in [0.5, 0.6) is 0 Å². The van der Waals surface area contributed by atoms with Gasteiger partial charge in [-0.1, -0.05) is 36.5 Å². The molecule has 0 saturated heterocycles. The second kappa shape index (κ2) is 9.09. The van der Waals surface area contributed by atoms with Gasteiger partial charge in [-0.05, 0) is 37.0 Å². The minimum Gasteiger partial charge on any atom is -0.458 e. The van der Waals surface area contributed by atoms with Gasteiger partial charge < -0.3 is 15.0 Å². The van der Waals surface area contributed by atoms with Crippen molar-refractivity contribution in [3.05, 3.63) is 70.7 Å². The number of benzene rings is 1. The molecule has 1 N–H and O–H groups in total. The summed E-state index contributed by atoms with van der Waals surface area (Å²) in [6, 6.07) is 5.38. The third-order valence-electron chi connectivity index (χ3n) is 4.45. The van der Waals surface area contributed by atoms with Crippen molar-refractivity contribution < 1.29 is 18.7 Å². The van der Waals surface area contributed by atoms with Gasteiger partial charge in [0.1, 0.15) is 12.4 Å². The summed E-state index contributed by atoms with van der Waals surface area (Å²) >= 11 is 1.39. The first-order valence-corrected chi connectivity index (χ1v) is 10.1. The predicted molar refractivity (Wildman–Crippen MR) is 111 cm³/mol. The Kier molecular flexibility index (Phi) is 6.53. The summed E-state index contributed by atoms with van der Waals surface area (Å²) in [4.78, 5) is 31.4. The van der Waals surface area contributed by atoms with Crippen molar-refractivity contribution in [1.29, 1.82) is 0 Å². The predicted octanol–water partition coefficient (Wildman–Crippen LogP) is 3.66. The second-order valence-electron chi connectivity index (χ2n) is 6.46. The van der Waals surface area contributed by atoms with Crippen LogP contribution in [0, 0.1) is 5.82 Å². The van der Waals surface area contributed by atoms with Gasteiger partial charge in [-0.2, -0.15) is 0 Å². The Hall–Kier alpha value is -2.87. The highest BCUT2D eigenvalue weighted by molar-refractivity contribution is 8.16. The normalized spacial score (nSPS) is 18.0. The molecule has 1 atom stereocenters. The molecule has 6 nitrogen and oxygen atoms in total. The second-order valence-corrected chi connectivity index (χ2v) is 7.30. The summed E-state index contributed by atoms with van der Waals surface area (Å²) in [6.07, 6.45) is 1.63. The van der Waals surface area contributed by atoms with E-state index in [2.05, 4.69) is 16.9 Å². The van der Waals surface area contributed by atoms with Crippen LogP contribution in [0.15, 0.2) is 64.3 Å². The van der Waals surface area contributed by atoms with E-state index < -0.39 is 12.0 Å². The van der Waals surface area contributed by atoms with Gasteiger partial charge in [-0.25, -0.2) is 14.2 Å². The number of fused-ring (bicyclic) bond motifs is 1. The lowest BCUT2D eigenvalue weighted by Crippen LogP contribution is -2.38. The van der Waals surface area contributed by atoms with Gasteiger partial charge in [-0.15, -0.1) is 0 Å². The van der Waals surface area contributed by atoms with Gasteiger partial charge in [-0.3, -0.25) is 4.79 Å². The molecule has 29 heavy (non-hydrogen) atoms. The molecule has 1 amide bonds. The number of nitrogens with one attached hydrogen (secondary N) is 1. The molecule has 0 aromatic heterocycles. The zero-order valence-electron chi connectivity index (χ0n) is 16.3. The zero-order chi connectivity index (χ0) is 21.0. The van der Waals surface area contributed by atoms with Crippen LogP contribution in [-0.2, 0) is 14.3 Å². The number of allylic oxidation sites excluding steroid dienone is 1. The third kappa shape index (κ3) is 4.42. The first kappa shape index (κ1) is 20.9. The molecule has 3 rings (SSSR count). The van der Waals surface area contributed by atoms with E-state index in [1.54, 1.807) is 19.1 Å². The molecule has 0 bridgehead atoms. The van der Waals surface area contributed by atoms with Gasteiger partial charge in [0.15, 0.2) is 5.17 Å². The Balaban J connectivity index is 2.04. The minimum atomic E-state index is -0.573. The summed E-state index contributed by atoms with van der Waals surface area (Å²) in [5, 5.41) is 5.30. The number of ether oxygens (including phenoxy) is 1. The molecular formula is C21H22FN3O3S. The Morgan fingerprint density at radius 1 is 1.38 bits per heavy atom. The number of nitrogens with zero attached hydrogens (tertiary/aromatic N) is 2. The van der Waals surface area contributed by atoms with Crippen LogP contribution in [0.3, 0.4) is 0 Å². The van der Waals surface area contributed by atoms with Crippen LogP contribution in [0.1, 0.15) is 31.9 Å². The number of amidine groups is 1. The van der Waals surface area contributed by atoms with Crippen LogP contribution >= 0.6 is 11.8 Å². The topological polar surface area (TPSA) is 71.0 Å². The molecule has 2 aliphatic heterocycles. The summed E-state index contributed by atoms with van der Waals surface area (Å²) in [7, 11) is 0. The Morgan fingerprint density at radius 2 is 2.10 bits per heavy atom. The van der Waals surface area contributed by atoms with E-state index in [1.165, 1.54) is 30.0 Å². The fourth-order valence-corrected chi connectivity index (χ4v) is 4.19. The summed E-state index contributed by atoms with van der Waals surface area (Å²) in [6.45, 7) is 7.76. The van der Waals surface area contributed by atoms with E-state index in [1.807, 2.05) is 17.2 Å². The monoisotopic (exact) mass is 415 g/mol. The molecule has 2 aliphatic rings. The maximum atomic E-state index is 13.5. The molecule has 2 heterocycles. The maximum Gasteiger partial charge on any atom is 0.338 e. The number of rotatable bonds is 7. The quantitative estimate of drug-likeness (QED) is 0.544. The van der Waals surface area contributed by atoms with Crippen molar-refractivity contribution in [2.45, 2.75) is 26.3 Å². The van der Waals surface area contributed by atoms with Gasteiger partial charge in [0, 0.05) is 12.2 Å². The van der Waals surface area contributed by atoms with Crippen LogP contribution in [0.2, 0.25) is 0 Å². The van der Waals surface area contributed by atoms with E-state index in [0.717, 1.165) is 5.70 Å². The number of halogens is 1. The van der Waals surface area contributed by atoms with E-state index in [0.29, 0.717) is 28.5 Å². The lowest BCUT2D eigenvalue weighted by molar-refractivity contribution is -0.138. The van der Waals surface area contributed by atoms with Crippen molar-refractivity contribution in [3.8, 4) is 0 Å². The Morgan fingerprint density at radius 3 is 2.76 bits per heavy atom. The van der Waals surface area contributed by atoms with Gasteiger partial charge in [0.05, 0.1) is 23.7 Å². The van der Waals surface area contributed by atoms with Crippen LogP contribution < -0.4 is 5.32 Å². The Labute approximate surface area is 173 Å². The molecule has 0 aliphatic carbocycles. The zero-order valence-corrected chi connectivity index (χ0v) is 17.1. The molecule has 0 saturated carbocycles. The third-order valence-corrected chi connectivity index (χ3v) is 5.34. The molecule has 0 radical (unpaired) electrons. The number of carbonyl (C=O) groups is 2. The average Bonchev–Trinajstić information content (AvgIpc) is 3.08. The van der Waals surface area contributed by atoms with Gasteiger partial charge in [0.2, 0.25) is 5.91 Å². The lowest BCUT2D eigenvalue weighted by atomic mass is 9.94. The van der Waals surface area contributed by atoms with Crippen molar-refractivity contribution in [3.63, 3.8) is 0 Å². The molecule has 152 valence electrons. The summed E-state index contributed by atoms with van der Waals surface area (Å²) in [5.41, 5.74) is 2.30. The minimum absolute atomic E-state index is 0.0681. The SMILES string of the molecule is C=CCOC(=O)C1=C(C)N=C2SC=C(CC(=O)NCC)N2C1c1ccc(F)cc1. The van der Waals surface area contributed by atoms with Crippen LogP contribution in [0.25, 0.3) is 0 Å². The molecular weight excluding hydrogens is 393 g/mol. The van der Waals surface area contributed by atoms with Crippen LogP contribution in [-0.4, -0.2) is 35.1 Å².